The second kappa shape index (κ2) is 39.2. The molecule has 0 aliphatic heterocycles. The molecule has 0 spiro atoms. The van der Waals surface area contributed by atoms with Crippen LogP contribution in [0.15, 0.2) is 223 Å². The number of aromatic hydroxyl groups is 1. The summed E-state index contributed by atoms with van der Waals surface area (Å²) in [5, 5.41) is 11.4. The normalized spacial score (nSPS) is 11.6. The van der Waals surface area contributed by atoms with Gasteiger partial charge in [-0.2, -0.15) is 17.2 Å². The molecule has 4 aromatic heterocycles. The molecule has 560 valence electrons. The summed E-state index contributed by atoms with van der Waals surface area (Å²) in [6, 6.07) is 59.0. The number of hydrogen-bond donors (Lipinski definition) is 2. The fraction of sp³-hybridized carbons (Fsp3) is 0.276. The molecule has 0 aliphatic carbocycles. The molecule has 105 heavy (non-hydrogen) atoms. The number of aliphatic imine (C=N–C) groups is 3. The predicted octanol–water partition coefficient (Wildman–Crippen LogP) is 17.3. The summed E-state index contributed by atoms with van der Waals surface area (Å²) in [6.45, 7) is 21.1. The smallest absolute Gasteiger partial charge is 0.256 e. The van der Waals surface area contributed by atoms with Gasteiger partial charge in [0.15, 0.2) is 39.8 Å². The molecule has 0 amide bonds. The summed E-state index contributed by atoms with van der Waals surface area (Å²) < 4.78 is 126. The number of anilines is 1. The Kier molecular flexibility index (Phi) is 31.6. The van der Waals surface area contributed by atoms with Crippen LogP contribution in [0.25, 0.3) is 0 Å². The van der Waals surface area contributed by atoms with Crippen LogP contribution in [0, 0.1) is 13.8 Å². The van der Waals surface area contributed by atoms with Crippen LogP contribution in [0.1, 0.15) is 98.5 Å². The van der Waals surface area contributed by atoms with Crippen LogP contribution < -0.4 is 19.9 Å². The van der Waals surface area contributed by atoms with Gasteiger partial charge in [-0.15, -0.1) is 45.3 Å². The monoisotopic (exact) mass is 1640 g/mol. The van der Waals surface area contributed by atoms with Gasteiger partial charge in [0.1, 0.15) is 20.8 Å². The first-order chi connectivity index (χ1) is 50.2. The average molecular weight is 1640 g/mol. The second-order valence-electron chi connectivity index (χ2n) is 22.5. The Morgan fingerprint density at radius 3 is 0.952 bits per heavy atom. The first-order valence-corrected chi connectivity index (χ1v) is 43.5. The first-order valence-electron chi connectivity index (χ1n) is 33.6. The summed E-state index contributed by atoms with van der Waals surface area (Å²) in [5.74, 6) is 0.512. The minimum atomic E-state index is -3.68. The van der Waals surface area contributed by atoms with Crippen LogP contribution in [0.2, 0.25) is 0 Å². The largest absolute Gasteiger partial charge is 0.504 e. The number of nitrogens with zero attached hydrogens (tertiary/aromatic N) is 7. The topological polar surface area (TPSA) is 261 Å². The maximum atomic E-state index is 13.2. The van der Waals surface area contributed by atoms with E-state index in [1.165, 1.54) is 49.9 Å². The molecule has 0 unspecified atom stereocenters. The maximum absolute atomic E-state index is 13.2. The number of ether oxygens (including phenoxy) is 3. The highest BCUT2D eigenvalue weighted by molar-refractivity contribution is 9.11. The van der Waals surface area contributed by atoms with E-state index in [-0.39, 0.29) is 39.8 Å². The number of nitrogen functional groups attached to an aromatic ring is 1. The van der Waals surface area contributed by atoms with E-state index in [0.717, 1.165) is 89.4 Å². The number of aryl methyl sites for hydroxylation is 2. The van der Waals surface area contributed by atoms with Crippen molar-refractivity contribution in [2.75, 3.05) is 79.4 Å². The Hall–Kier alpha value is -7.75. The molecule has 20 nitrogen and oxygen atoms in total. The molecule has 10 aromatic rings. The lowest BCUT2D eigenvalue weighted by Gasteiger charge is -2.18. The lowest BCUT2D eigenvalue weighted by molar-refractivity contribution is 0.400. The molecule has 10 rings (SSSR count). The van der Waals surface area contributed by atoms with Crippen molar-refractivity contribution in [2.45, 2.75) is 86.1 Å². The van der Waals surface area contributed by atoms with E-state index >= 15 is 0 Å². The molecular weight excluding hydrogens is 1550 g/mol. The molecule has 0 saturated heterocycles. The highest BCUT2D eigenvalue weighted by atomic mass is 79.9. The molecule has 0 saturated carbocycles. The summed E-state index contributed by atoms with van der Waals surface area (Å²) in [7, 11) is -10.1. The highest BCUT2D eigenvalue weighted by Crippen LogP contribution is 2.50. The molecule has 0 radical (unpaired) electrons. The lowest BCUT2D eigenvalue weighted by atomic mass is 10.0. The zero-order chi connectivity index (χ0) is 76.8. The van der Waals surface area contributed by atoms with E-state index < -0.39 is 40.1 Å². The van der Waals surface area contributed by atoms with Crippen molar-refractivity contribution in [3.8, 4) is 23.0 Å². The van der Waals surface area contributed by atoms with E-state index in [1.807, 2.05) is 230 Å². The van der Waals surface area contributed by atoms with Gasteiger partial charge in [-0.3, -0.25) is 0 Å². The molecular formula is C76H89BrN8O12S8. The van der Waals surface area contributed by atoms with Crippen molar-refractivity contribution in [3.05, 3.63) is 234 Å². The Bertz CT molecular complexity index is 4720. The number of thiophene rings is 4. The zero-order valence-electron chi connectivity index (χ0n) is 60.8. The van der Waals surface area contributed by atoms with Gasteiger partial charge >= 0.3 is 0 Å². The van der Waals surface area contributed by atoms with Crippen LogP contribution in [-0.2, 0) is 40.1 Å². The lowest BCUT2D eigenvalue weighted by Crippen LogP contribution is -2.30. The van der Waals surface area contributed by atoms with E-state index in [9.17, 15) is 38.8 Å². The Balaban J connectivity index is 0.000000200. The van der Waals surface area contributed by atoms with Gasteiger partial charge < -0.3 is 25.1 Å². The number of rotatable bonds is 28. The van der Waals surface area contributed by atoms with Gasteiger partial charge in [-0.1, -0.05) is 237 Å². The number of hydrogen-bond acceptors (Lipinski definition) is 20. The number of halogens is 1. The minimum absolute atomic E-state index is 0.0637. The van der Waals surface area contributed by atoms with Crippen molar-refractivity contribution in [1.29, 1.82) is 0 Å². The summed E-state index contributed by atoms with van der Waals surface area (Å²) >= 11 is 7.98. The van der Waals surface area contributed by atoms with Crippen molar-refractivity contribution >= 4 is 141 Å². The molecule has 4 heterocycles. The Morgan fingerprint density at radius 1 is 0.390 bits per heavy atom. The number of sulfonamides is 4. The average Bonchev–Trinajstić information content (AvgIpc) is 1.65. The zero-order valence-corrected chi connectivity index (χ0v) is 69.0. The van der Waals surface area contributed by atoms with E-state index in [0.29, 0.717) is 83.8 Å². The predicted molar refractivity (Wildman–Crippen MR) is 435 cm³/mol. The molecule has 29 heteroatoms. The van der Waals surface area contributed by atoms with Gasteiger partial charge in [0, 0.05) is 101 Å². The Morgan fingerprint density at radius 2 is 0.657 bits per heavy atom. The van der Waals surface area contributed by atoms with Crippen LogP contribution in [-0.4, -0.2) is 147 Å². The third kappa shape index (κ3) is 19.9. The standard InChI is InChI=1S/C23H26N2O3S2.C22H23BrN2O3S2.C22H24N2O3S2.C9H16N2O3S2/c1-5-25(6-2)30(26,27)23-22(28-4)20(17(3)29-23)24-21(18-13-9-7-10-14-18)19-15-11-8-12-16-19;1-4-25(5-2)30(26,27)22-20(28-3)19(21(23)29-22)24-18(16-12-8-6-9-13-16)17-14-10-7-11-15-17;1-4-24(5-2)29(25,26)22-21(27-3)19(16-28-22)23-20(17-12-8-6-9-13-17)18-14-10-7-11-15-18;1-4-11(5-2)16(13,14)9-8(12)7(10)6(3)15-9/h7-16H,5-6H2,1-4H3;6-15H,4-5H2,1-3H3;6-16H,4-5H2,1-3H3;12H,4-5,10H2,1-3H3. The summed E-state index contributed by atoms with van der Waals surface area (Å²) in [6.07, 6.45) is 0. The Labute approximate surface area is 643 Å². The van der Waals surface area contributed by atoms with E-state index in [4.69, 9.17) is 34.9 Å². The number of methoxy groups -OCH3 is 3. The minimum Gasteiger partial charge on any atom is -0.504 e. The van der Waals surface area contributed by atoms with Crippen molar-refractivity contribution in [2.24, 2.45) is 15.0 Å². The van der Waals surface area contributed by atoms with E-state index in [2.05, 4.69) is 15.9 Å². The fourth-order valence-electron chi connectivity index (χ4n) is 10.8. The molecule has 3 N–H and O–H groups in total. The number of nitrogens with two attached hydrogens (primary N) is 1. The molecule has 0 fully saturated rings. The second-order valence-corrected chi connectivity index (χ2v) is 36.7. The first kappa shape index (κ1) is 84.5. The highest BCUT2D eigenvalue weighted by Gasteiger charge is 2.35. The van der Waals surface area contributed by atoms with Crippen molar-refractivity contribution in [1.82, 2.24) is 17.2 Å². The van der Waals surface area contributed by atoms with Gasteiger partial charge in [0.05, 0.1) is 44.2 Å². The van der Waals surface area contributed by atoms with Gasteiger partial charge in [-0.05, 0) is 29.8 Å². The fourth-order valence-corrected chi connectivity index (χ4v) is 24.1. The van der Waals surface area contributed by atoms with Crippen LogP contribution in [0.4, 0.5) is 22.7 Å². The van der Waals surface area contributed by atoms with Crippen LogP contribution in [0.5, 0.6) is 23.0 Å². The molecule has 6 aromatic carbocycles. The van der Waals surface area contributed by atoms with Crippen molar-refractivity contribution < 1.29 is 53.0 Å². The van der Waals surface area contributed by atoms with Gasteiger partial charge in [0.2, 0.25) is 0 Å². The summed E-state index contributed by atoms with van der Waals surface area (Å²) in [5.41, 5.74) is 15.1. The van der Waals surface area contributed by atoms with Gasteiger partial charge in [-0.25, -0.2) is 48.6 Å². The molecule has 0 bridgehead atoms. The van der Waals surface area contributed by atoms with Gasteiger partial charge in [0.25, 0.3) is 40.1 Å². The van der Waals surface area contributed by atoms with Crippen molar-refractivity contribution in [3.63, 3.8) is 0 Å². The van der Waals surface area contributed by atoms with Crippen LogP contribution >= 0.6 is 61.3 Å². The van der Waals surface area contributed by atoms with E-state index in [1.54, 1.807) is 26.2 Å². The third-order valence-corrected chi connectivity index (χ3v) is 31.3. The third-order valence-electron chi connectivity index (χ3n) is 16.2. The summed E-state index contributed by atoms with van der Waals surface area (Å²) in [4.78, 5) is 16.1. The SMILES string of the molecule is CCN(CC)S(=O)(=O)c1sc(Br)c(N=C(c2ccccc2)c2ccccc2)c1OC.CCN(CC)S(=O)(=O)c1sc(C)c(N)c1O.CCN(CC)S(=O)(=O)c1sc(C)c(N=C(c2ccccc2)c2ccccc2)c1OC.CCN(CC)S(=O)(=O)c1scc(N=C(c2ccccc2)c2ccccc2)c1OC. The maximum Gasteiger partial charge on any atom is 0.256 e. The molecule has 0 aliphatic rings. The number of benzene rings is 6. The van der Waals surface area contributed by atoms with Crippen LogP contribution in [0.3, 0.4) is 0 Å². The molecule has 0 atom stereocenters. The quantitative estimate of drug-likeness (QED) is 0.0433.